The molecular formula is C23H29NO3S. The standard InChI is InChI=1S/C23H29NO3S/c1-14(2)27-20(22(25)26)18-15(3)28-21(17-8-12-24-13-9-17)19(18)16-6-10-23(4,5)11-7-16/h6,8-9,12-14,20H,7,10-11H2,1-5H3,(H,25,26). The Morgan fingerprint density at radius 3 is 2.50 bits per heavy atom. The number of pyridine rings is 1. The summed E-state index contributed by atoms with van der Waals surface area (Å²) in [6.07, 6.45) is 7.77. The first kappa shape index (κ1) is 20.7. The lowest BCUT2D eigenvalue weighted by Gasteiger charge is -2.30. The van der Waals surface area contributed by atoms with Crippen molar-refractivity contribution in [2.75, 3.05) is 0 Å². The van der Waals surface area contributed by atoms with E-state index >= 15 is 0 Å². The molecule has 0 bridgehead atoms. The smallest absolute Gasteiger partial charge is 0.337 e. The lowest BCUT2D eigenvalue weighted by Crippen LogP contribution is -2.21. The number of nitrogens with zero attached hydrogens (tertiary/aromatic N) is 1. The van der Waals surface area contributed by atoms with E-state index < -0.39 is 12.1 Å². The van der Waals surface area contributed by atoms with Gasteiger partial charge in [0.1, 0.15) is 0 Å². The molecule has 1 aliphatic carbocycles. The summed E-state index contributed by atoms with van der Waals surface area (Å²) in [5.74, 6) is -0.936. The number of aromatic nitrogens is 1. The highest BCUT2D eigenvalue weighted by atomic mass is 32.1. The summed E-state index contributed by atoms with van der Waals surface area (Å²) in [7, 11) is 0. The minimum atomic E-state index is -0.960. The molecule has 4 nitrogen and oxygen atoms in total. The van der Waals surface area contributed by atoms with Crippen molar-refractivity contribution in [1.29, 1.82) is 0 Å². The molecule has 28 heavy (non-hydrogen) atoms. The molecule has 0 aromatic carbocycles. The van der Waals surface area contributed by atoms with Crippen LogP contribution in [0.25, 0.3) is 16.0 Å². The zero-order chi connectivity index (χ0) is 20.5. The Labute approximate surface area is 171 Å². The number of hydrogen-bond donors (Lipinski definition) is 1. The second kappa shape index (κ2) is 8.18. The number of aliphatic carboxylic acids is 1. The van der Waals surface area contributed by atoms with Gasteiger partial charge in [0, 0.05) is 33.3 Å². The maximum atomic E-state index is 12.1. The summed E-state index contributed by atoms with van der Waals surface area (Å²) >= 11 is 1.65. The van der Waals surface area contributed by atoms with E-state index in [2.05, 4.69) is 24.9 Å². The van der Waals surface area contributed by atoms with Gasteiger partial charge >= 0.3 is 5.97 Å². The summed E-state index contributed by atoms with van der Waals surface area (Å²) in [4.78, 5) is 18.4. The highest BCUT2D eigenvalue weighted by molar-refractivity contribution is 7.16. The zero-order valence-electron chi connectivity index (χ0n) is 17.3. The number of thiophene rings is 1. The van der Waals surface area contributed by atoms with Crippen LogP contribution in [0, 0.1) is 12.3 Å². The minimum Gasteiger partial charge on any atom is -0.479 e. The summed E-state index contributed by atoms with van der Waals surface area (Å²) in [5.41, 5.74) is 4.46. The molecule has 0 aliphatic heterocycles. The maximum Gasteiger partial charge on any atom is 0.337 e. The molecule has 1 aliphatic rings. The molecule has 0 spiro atoms. The molecule has 0 saturated heterocycles. The molecule has 1 N–H and O–H groups in total. The van der Waals surface area contributed by atoms with E-state index in [0.717, 1.165) is 45.7 Å². The summed E-state index contributed by atoms with van der Waals surface area (Å²) in [6, 6.07) is 3.98. The third-order valence-corrected chi connectivity index (χ3v) is 6.43. The van der Waals surface area contributed by atoms with Crippen molar-refractivity contribution in [3.8, 4) is 10.4 Å². The number of rotatable bonds is 6. The average Bonchev–Trinajstić information content (AvgIpc) is 2.97. The van der Waals surface area contributed by atoms with Gasteiger partial charge < -0.3 is 9.84 Å². The van der Waals surface area contributed by atoms with Gasteiger partial charge in [0.15, 0.2) is 6.10 Å². The summed E-state index contributed by atoms with van der Waals surface area (Å²) in [5, 5.41) is 9.94. The van der Waals surface area contributed by atoms with E-state index in [4.69, 9.17) is 4.74 Å². The van der Waals surface area contributed by atoms with Gasteiger partial charge in [0.25, 0.3) is 0 Å². The molecule has 2 aromatic heterocycles. The molecule has 0 amide bonds. The second-order valence-electron chi connectivity index (χ2n) is 8.51. The van der Waals surface area contributed by atoms with Crippen LogP contribution in [0.4, 0.5) is 0 Å². The highest BCUT2D eigenvalue weighted by Gasteiger charge is 2.33. The Morgan fingerprint density at radius 1 is 1.29 bits per heavy atom. The molecule has 5 heteroatoms. The largest absolute Gasteiger partial charge is 0.479 e. The third kappa shape index (κ3) is 4.36. The Hall–Kier alpha value is -1.98. The van der Waals surface area contributed by atoms with Crippen LogP contribution in [-0.4, -0.2) is 22.2 Å². The Morgan fingerprint density at radius 2 is 1.96 bits per heavy atom. The van der Waals surface area contributed by atoms with Gasteiger partial charge in [-0.25, -0.2) is 4.79 Å². The van der Waals surface area contributed by atoms with Gasteiger partial charge in [-0.05, 0) is 68.7 Å². The van der Waals surface area contributed by atoms with Gasteiger partial charge in [0.2, 0.25) is 0 Å². The molecule has 3 rings (SSSR count). The van der Waals surface area contributed by atoms with Crippen molar-refractivity contribution < 1.29 is 14.6 Å². The first-order chi connectivity index (χ1) is 13.2. The fourth-order valence-electron chi connectivity index (χ4n) is 3.72. The van der Waals surface area contributed by atoms with Gasteiger partial charge in [-0.15, -0.1) is 11.3 Å². The van der Waals surface area contributed by atoms with Crippen LogP contribution in [0.3, 0.4) is 0 Å². The van der Waals surface area contributed by atoms with Gasteiger partial charge in [-0.3, -0.25) is 4.98 Å². The summed E-state index contributed by atoms with van der Waals surface area (Å²) < 4.78 is 5.87. The number of hydrogen-bond acceptors (Lipinski definition) is 4. The SMILES string of the molecule is Cc1sc(-c2ccncc2)c(C2=CCC(C)(C)CC2)c1C(OC(C)C)C(=O)O. The lowest BCUT2D eigenvalue weighted by atomic mass is 9.76. The first-order valence-electron chi connectivity index (χ1n) is 9.81. The maximum absolute atomic E-state index is 12.1. The molecule has 2 aromatic rings. The van der Waals surface area contributed by atoms with Crippen molar-refractivity contribution >= 4 is 22.9 Å². The number of carboxylic acids is 1. The first-order valence-corrected chi connectivity index (χ1v) is 10.6. The van der Waals surface area contributed by atoms with Crippen LogP contribution in [0.2, 0.25) is 0 Å². The predicted molar refractivity (Wildman–Crippen MR) is 114 cm³/mol. The number of aryl methyl sites for hydroxylation is 1. The number of carbonyl (C=O) groups is 1. The number of ether oxygens (including phenoxy) is 1. The van der Waals surface area contributed by atoms with Crippen LogP contribution >= 0.6 is 11.3 Å². The quantitative estimate of drug-likeness (QED) is 0.622. The Bertz CT molecular complexity index is 881. The van der Waals surface area contributed by atoms with Crippen molar-refractivity contribution in [2.24, 2.45) is 5.41 Å². The van der Waals surface area contributed by atoms with Crippen LogP contribution in [0.15, 0.2) is 30.6 Å². The molecular weight excluding hydrogens is 370 g/mol. The predicted octanol–water partition coefficient (Wildman–Crippen LogP) is 6.26. The molecule has 1 unspecified atom stereocenters. The Balaban J connectivity index is 2.21. The molecule has 0 saturated carbocycles. The molecule has 150 valence electrons. The fraction of sp³-hybridized carbons (Fsp3) is 0.478. The Kier molecular flexibility index (Phi) is 6.06. The van der Waals surface area contributed by atoms with Crippen molar-refractivity contribution in [3.05, 3.63) is 46.6 Å². The van der Waals surface area contributed by atoms with Crippen molar-refractivity contribution in [3.63, 3.8) is 0 Å². The van der Waals surface area contributed by atoms with E-state index in [0.29, 0.717) is 0 Å². The summed E-state index contributed by atoms with van der Waals surface area (Å²) in [6.45, 7) is 10.3. The van der Waals surface area contributed by atoms with Gasteiger partial charge in [0.05, 0.1) is 6.10 Å². The monoisotopic (exact) mass is 399 g/mol. The molecule has 0 fully saturated rings. The van der Waals surface area contributed by atoms with Crippen LogP contribution < -0.4 is 0 Å². The molecule has 0 radical (unpaired) electrons. The van der Waals surface area contributed by atoms with E-state index in [9.17, 15) is 9.90 Å². The van der Waals surface area contributed by atoms with Gasteiger partial charge in [-0.1, -0.05) is 19.9 Å². The fourth-order valence-corrected chi connectivity index (χ4v) is 4.95. The van der Waals surface area contributed by atoms with Crippen LogP contribution in [-0.2, 0) is 9.53 Å². The van der Waals surface area contributed by atoms with Crippen molar-refractivity contribution in [1.82, 2.24) is 4.98 Å². The lowest BCUT2D eigenvalue weighted by molar-refractivity contribution is -0.153. The molecule has 1 atom stereocenters. The average molecular weight is 400 g/mol. The topological polar surface area (TPSA) is 59.4 Å². The van der Waals surface area contributed by atoms with Gasteiger partial charge in [-0.2, -0.15) is 0 Å². The third-order valence-electron chi connectivity index (χ3n) is 5.26. The normalized spacial score (nSPS) is 17.4. The van der Waals surface area contributed by atoms with E-state index in [1.165, 1.54) is 5.57 Å². The van der Waals surface area contributed by atoms with E-state index in [1.807, 2.05) is 32.9 Å². The minimum absolute atomic E-state index is 0.170. The molecule has 2 heterocycles. The van der Waals surface area contributed by atoms with Crippen LogP contribution in [0.5, 0.6) is 0 Å². The number of carboxylic acid groups (broad SMARTS) is 1. The zero-order valence-corrected chi connectivity index (χ0v) is 18.1. The highest BCUT2D eigenvalue weighted by Crippen LogP contribution is 2.48. The van der Waals surface area contributed by atoms with E-state index in [1.54, 1.807) is 23.7 Å². The second-order valence-corrected chi connectivity index (χ2v) is 9.74. The van der Waals surface area contributed by atoms with Crippen molar-refractivity contribution in [2.45, 2.75) is 66.1 Å². The van der Waals surface area contributed by atoms with E-state index in [-0.39, 0.29) is 11.5 Å². The van der Waals surface area contributed by atoms with Crippen LogP contribution in [0.1, 0.15) is 69.1 Å². The number of allylic oxidation sites excluding steroid dienone is 2.